The van der Waals surface area contributed by atoms with Crippen LogP contribution >= 0.6 is 0 Å². The van der Waals surface area contributed by atoms with Crippen molar-refractivity contribution < 1.29 is 28.7 Å². The third-order valence-corrected chi connectivity index (χ3v) is 4.99. The number of carbonyl (C=O) groups excluding carboxylic acids is 4. The lowest BCUT2D eigenvalue weighted by Gasteiger charge is -2.35. The third-order valence-electron chi connectivity index (χ3n) is 4.99. The number of amides is 4. The molecule has 3 aliphatic rings. The van der Waals surface area contributed by atoms with Crippen molar-refractivity contribution in [2.45, 2.75) is 12.8 Å². The molecule has 9 nitrogen and oxygen atoms in total. The van der Waals surface area contributed by atoms with Gasteiger partial charge in [0.1, 0.15) is 6.54 Å². The van der Waals surface area contributed by atoms with Crippen LogP contribution in [0.3, 0.4) is 0 Å². The number of rotatable bonds is 3. The molecule has 0 atom stereocenters. The lowest BCUT2D eigenvalue weighted by molar-refractivity contribution is -0.146. The molecule has 142 valence electrons. The number of hydrogen-bond donors (Lipinski definition) is 0. The van der Waals surface area contributed by atoms with Crippen molar-refractivity contribution in [1.82, 2.24) is 14.7 Å². The molecule has 4 amide bonds. The number of piperazine rings is 1. The standard InChI is InChI=1S/C18H19N3O6/c22-14-4-5-15(23)21(14)10-16(24)19-6-8-20(9-7-19)18(25)12-2-1-3-13-17(12)27-11-26-13/h1-3H,4-11H2. The van der Waals surface area contributed by atoms with Crippen molar-refractivity contribution >= 4 is 23.6 Å². The highest BCUT2D eigenvalue weighted by Gasteiger charge is 2.33. The van der Waals surface area contributed by atoms with Crippen LogP contribution in [0.4, 0.5) is 0 Å². The summed E-state index contributed by atoms with van der Waals surface area (Å²) in [6, 6.07) is 5.18. The highest BCUT2D eigenvalue weighted by molar-refractivity contribution is 6.04. The zero-order valence-electron chi connectivity index (χ0n) is 14.7. The van der Waals surface area contributed by atoms with Crippen molar-refractivity contribution in [2.24, 2.45) is 0 Å². The second-order valence-electron chi connectivity index (χ2n) is 6.59. The molecule has 4 rings (SSSR count). The smallest absolute Gasteiger partial charge is 0.257 e. The predicted octanol–water partition coefficient (Wildman–Crippen LogP) is -0.151. The van der Waals surface area contributed by atoms with E-state index >= 15 is 0 Å². The molecule has 3 heterocycles. The van der Waals surface area contributed by atoms with E-state index in [0.29, 0.717) is 43.2 Å². The number of likely N-dealkylation sites (tertiary alicyclic amines) is 1. The lowest BCUT2D eigenvalue weighted by atomic mass is 10.1. The van der Waals surface area contributed by atoms with E-state index in [2.05, 4.69) is 0 Å². The van der Waals surface area contributed by atoms with Crippen molar-refractivity contribution in [3.63, 3.8) is 0 Å². The molecule has 0 spiro atoms. The summed E-state index contributed by atoms with van der Waals surface area (Å²) in [5.74, 6) is -0.0521. The van der Waals surface area contributed by atoms with E-state index in [0.717, 1.165) is 4.90 Å². The van der Waals surface area contributed by atoms with E-state index in [1.54, 1.807) is 28.0 Å². The Labute approximate surface area is 155 Å². The summed E-state index contributed by atoms with van der Waals surface area (Å²) in [6.45, 7) is 1.33. The van der Waals surface area contributed by atoms with Gasteiger partial charge in [0.15, 0.2) is 11.5 Å². The fourth-order valence-electron chi connectivity index (χ4n) is 3.46. The zero-order valence-corrected chi connectivity index (χ0v) is 14.7. The van der Waals surface area contributed by atoms with Gasteiger partial charge in [0.25, 0.3) is 5.91 Å². The predicted molar refractivity (Wildman–Crippen MR) is 91.0 cm³/mol. The Kier molecular flexibility index (Phi) is 4.43. The largest absolute Gasteiger partial charge is 0.454 e. The minimum atomic E-state index is -0.303. The summed E-state index contributed by atoms with van der Waals surface area (Å²) in [6.07, 6.45) is 0.336. The second-order valence-corrected chi connectivity index (χ2v) is 6.59. The van der Waals surface area contributed by atoms with Crippen LogP contribution in [-0.2, 0) is 14.4 Å². The summed E-state index contributed by atoms with van der Waals surface area (Å²) in [4.78, 5) is 52.7. The number of benzene rings is 1. The summed E-state index contributed by atoms with van der Waals surface area (Å²) in [5, 5.41) is 0. The van der Waals surface area contributed by atoms with Gasteiger partial charge in [-0.2, -0.15) is 0 Å². The van der Waals surface area contributed by atoms with Gasteiger partial charge in [0.2, 0.25) is 24.5 Å². The molecule has 0 N–H and O–H groups in total. The zero-order chi connectivity index (χ0) is 19.0. The normalized spacial score (nSPS) is 19.0. The molecule has 2 fully saturated rings. The van der Waals surface area contributed by atoms with Crippen LogP contribution in [0.1, 0.15) is 23.2 Å². The number of para-hydroxylation sites is 1. The Morgan fingerprint density at radius 1 is 0.926 bits per heavy atom. The van der Waals surface area contributed by atoms with Crippen molar-refractivity contribution in [3.05, 3.63) is 23.8 Å². The van der Waals surface area contributed by atoms with Gasteiger partial charge in [-0.25, -0.2) is 0 Å². The van der Waals surface area contributed by atoms with Crippen LogP contribution in [-0.4, -0.2) is 77.8 Å². The average Bonchev–Trinajstić information content (AvgIpc) is 3.29. The third kappa shape index (κ3) is 3.20. The highest BCUT2D eigenvalue weighted by atomic mass is 16.7. The van der Waals surface area contributed by atoms with Crippen molar-refractivity contribution in [2.75, 3.05) is 39.5 Å². The molecule has 0 bridgehead atoms. The number of ether oxygens (including phenoxy) is 2. The van der Waals surface area contributed by atoms with E-state index in [1.165, 1.54) is 0 Å². The number of imide groups is 1. The van der Waals surface area contributed by atoms with Gasteiger partial charge in [0, 0.05) is 39.0 Å². The first-order chi connectivity index (χ1) is 13.0. The maximum Gasteiger partial charge on any atom is 0.257 e. The van der Waals surface area contributed by atoms with E-state index < -0.39 is 0 Å². The van der Waals surface area contributed by atoms with Gasteiger partial charge in [-0.05, 0) is 12.1 Å². The topological polar surface area (TPSA) is 96.5 Å². The molecule has 1 aromatic rings. The minimum Gasteiger partial charge on any atom is -0.454 e. The van der Waals surface area contributed by atoms with Crippen molar-refractivity contribution in [1.29, 1.82) is 0 Å². The SMILES string of the molecule is O=C(CN1C(=O)CCC1=O)N1CCN(C(=O)c2cccc3c2OCO3)CC1. The van der Waals surface area contributed by atoms with Crippen LogP contribution < -0.4 is 9.47 Å². The summed E-state index contributed by atoms with van der Waals surface area (Å²) < 4.78 is 10.7. The van der Waals surface area contributed by atoms with Gasteiger partial charge in [0.05, 0.1) is 5.56 Å². The van der Waals surface area contributed by atoms with Gasteiger partial charge in [-0.1, -0.05) is 6.07 Å². The summed E-state index contributed by atoms with van der Waals surface area (Å²) in [5.41, 5.74) is 0.443. The fourth-order valence-corrected chi connectivity index (χ4v) is 3.46. The van der Waals surface area contributed by atoms with Crippen LogP contribution in [0.15, 0.2) is 18.2 Å². The first-order valence-corrected chi connectivity index (χ1v) is 8.83. The Bertz CT molecular complexity index is 799. The van der Waals surface area contributed by atoms with E-state index in [9.17, 15) is 19.2 Å². The van der Waals surface area contributed by atoms with Gasteiger partial charge in [-0.15, -0.1) is 0 Å². The van der Waals surface area contributed by atoms with Crippen molar-refractivity contribution in [3.8, 4) is 11.5 Å². The first-order valence-electron chi connectivity index (χ1n) is 8.83. The Balaban J connectivity index is 1.36. The number of hydrogen-bond acceptors (Lipinski definition) is 6. The van der Waals surface area contributed by atoms with Gasteiger partial charge in [-0.3, -0.25) is 24.1 Å². The van der Waals surface area contributed by atoms with Crippen LogP contribution in [0.5, 0.6) is 11.5 Å². The number of nitrogens with zero attached hydrogens (tertiary/aromatic N) is 3. The Hall–Kier alpha value is -3.10. The number of carbonyl (C=O) groups is 4. The lowest BCUT2D eigenvalue weighted by Crippen LogP contribution is -2.53. The first kappa shape index (κ1) is 17.3. The Morgan fingerprint density at radius 2 is 1.59 bits per heavy atom. The molecule has 0 radical (unpaired) electrons. The van der Waals surface area contributed by atoms with Gasteiger partial charge < -0.3 is 19.3 Å². The Morgan fingerprint density at radius 3 is 2.30 bits per heavy atom. The maximum atomic E-state index is 12.8. The number of fused-ring (bicyclic) bond motifs is 1. The molecule has 0 aromatic heterocycles. The monoisotopic (exact) mass is 373 g/mol. The van der Waals surface area contributed by atoms with E-state index in [1.807, 2.05) is 0 Å². The summed E-state index contributed by atoms with van der Waals surface area (Å²) in [7, 11) is 0. The maximum absolute atomic E-state index is 12.8. The molecule has 27 heavy (non-hydrogen) atoms. The molecule has 0 saturated carbocycles. The minimum absolute atomic E-state index is 0.0931. The van der Waals surface area contributed by atoms with E-state index in [4.69, 9.17) is 9.47 Å². The molecule has 0 aliphatic carbocycles. The highest BCUT2D eigenvalue weighted by Crippen LogP contribution is 2.36. The van der Waals surface area contributed by atoms with Gasteiger partial charge >= 0.3 is 0 Å². The molecule has 3 aliphatic heterocycles. The molecule has 9 heteroatoms. The summed E-state index contributed by atoms with van der Waals surface area (Å²) >= 11 is 0. The molecular formula is C18H19N3O6. The van der Waals surface area contributed by atoms with Crippen LogP contribution in [0.2, 0.25) is 0 Å². The average molecular weight is 373 g/mol. The fraction of sp³-hybridized carbons (Fsp3) is 0.444. The molecular weight excluding hydrogens is 354 g/mol. The molecule has 2 saturated heterocycles. The second kappa shape index (κ2) is 6.90. The molecule has 1 aromatic carbocycles. The quantitative estimate of drug-likeness (QED) is 0.684. The van der Waals surface area contributed by atoms with Crippen LogP contribution in [0.25, 0.3) is 0 Å². The molecule has 0 unspecified atom stereocenters. The van der Waals surface area contributed by atoms with Crippen LogP contribution in [0, 0.1) is 0 Å². The van der Waals surface area contributed by atoms with E-state index in [-0.39, 0.29) is 49.8 Å².